The van der Waals surface area contributed by atoms with Gasteiger partial charge in [0.05, 0.1) is 0 Å². The van der Waals surface area contributed by atoms with Crippen LogP contribution in [0.2, 0.25) is 0 Å². The van der Waals surface area contributed by atoms with Gasteiger partial charge in [-0.3, -0.25) is 4.79 Å². The van der Waals surface area contributed by atoms with Crippen molar-refractivity contribution in [3.8, 4) is 0 Å². The molecule has 1 amide bonds. The summed E-state index contributed by atoms with van der Waals surface area (Å²) in [4.78, 5) is 12.9. The van der Waals surface area contributed by atoms with Crippen LogP contribution in [0.4, 0.5) is 13.2 Å². The van der Waals surface area contributed by atoms with Crippen molar-refractivity contribution in [2.45, 2.75) is 19.5 Å². The fourth-order valence-corrected chi connectivity index (χ4v) is 1.51. The van der Waals surface area contributed by atoms with Crippen LogP contribution >= 0.6 is 15.9 Å². The predicted molar refractivity (Wildman–Crippen MR) is 57.5 cm³/mol. The number of ether oxygens (including phenoxy) is 1. The Labute approximate surface area is 101 Å². The number of hydrogen-bond acceptors (Lipinski definition) is 2. The second kappa shape index (κ2) is 7.89. The molecule has 0 aromatic carbocycles. The van der Waals surface area contributed by atoms with Crippen molar-refractivity contribution >= 4 is 21.8 Å². The van der Waals surface area contributed by atoms with Gasteiger partial charge >= 0.3 is 6.18 Å². The van der Waals surface area contributed by atoms with E-state index in [0.717, 1.165) is 6.42 Å². The summed E-state index contributed by atoms with van der Waals surface area (Å²) in [6.07, 6.45) is -3.62. The summed E-state index contributed by atoms with van der Waals surface area (Å²) in [6.45, 7) is 0.993. The Morgan fingerprint density at radius 2 is 2.00 bits per heavy atom. The van der Waals surface area contributed by atoms with E-state index >= 15 is 0 Å². The van der Waals surface area contributed by atoms with Crippen molar-refractivity contribution in [2.75, 3.05) is 31.6 Å². The van der Waals surface area contributed by atoms with Crippen molar-refractivity contribution in [1.29, 1.82) is 0 Å². The Morgan fingerprint density at radius 3 is 2.44 bits per heavy atom. The fourth-order valence-electron chi connectivity index (χ4n) is 1.08. The lowest BCUT2D eigenvalue weighted by molar-refractivity contribution is -0.177. The summed E-state index contributed by atoms with van der Waals surface area (Å²) < 4.78 is 39.5. The predicted octanol–water partition coefficient (Wildman–Crippen LogP) is 2.20. The average molecular weight is 306 g/mol. The number of amides is 1. The third-order valence-corrected chi connectivity index (χ3v) is 2.05. The Hall–Kier alpha value is -0.300. The molecule has 0 unspecified atom stereocenters. The van der Waals surface area contributed by atoms with Crippen LogP contribution in [0.3, 0.4) is 0 Å². The number of alkyl halides is 4. The third kappa shape index (κ3) is 7.92. The molecule has 16 heavy (non-hydrogen) atoms. The first-order valence-electron chi connectivity index (χ1n) is 4.89. The molecule has 0 atom stereocenters. The fraction of sp³-hybridized carbons (Fsp3) is 0.889. The number of carbonyl (C=O) groups is 1. The number of hydrogen-bond donors (Lipinski definition) is 0. The van der Waals surface area contributed by atoms with Crippen molar-refractivity contribution < 1.29 is 22.7 Å². The molecule has 0 saturated heterocycles. The van der Waals surface area contributed by atoms with E-state index in [2.05, 4.69) is 20.7 Å². The minimum absolute atomic E-state index is 0.412. The van der Waals surface area contributed by atoms with E-state index in [9.17, 15) is 18.0 Å². The molecule has 0 heterocycles. The maximum atomic E-state index is 11.7. The van der Waals surface area contributed by atoms with E-state index < -0.39 is 25.3 Å². The number of carbonyl (C=O) groups excluding carboxylic acids is 1. The molecular formula is C9H15BrF3NO2. The number of halogens is 4. The van der Waals surface area contributed by atoms with Gasteiger partial charge in [-0.1, -0.05) is 22.9 Å². The standard InChI is InChI=1S/C9H15BrF3NO2/c1-2-4-14(5-3-10)8(15)6-16-7-9(11,12)13/h2-7H2,1H3. The second-order valence-corrected chi connectivity index (χ2v) is 3.97. The molecule has 0 N–H and O–H groups in total. The van der Waals surface area contributed by atoms with Gasteiger partial charge in [0, 0.05) is 18.4 Å². The van der Waals surface area contributed by atoms with Crippen LogP contribution < -0.4 is 0 Å². The largest absolute Gasteiger partial charge is 0.411 e. The van der Waals surface area contributed by atoms with Crippen LogP contribution in [0.1, 0.15) is 13.3 Å². The minimum Gasteiger partial charge on any atom is -0.362 e. The van der Waals surface area contributed by atoms with Gasteiger partial charge in [0.25, 0.3) is 0 Å². The van der Waals surface area contributed by atoms with Crippen LogP contribution in [0.5, 0.6) is 0 Å². The van der Waals surface area contributed by atoms with Crippen LogP contribution in [0.25, 0.3) is 0 Å². The lowest BCUT2D eigenvalue weighted by atomic mass is 10.4. The van der Waals surface area contributed by atoms with Gasteiger partial charge in [-0.25, -0.2) is 0 Å². The van der Waals surface area contributed by atoms with Gasteiger partial charge in [-0.05, 0) is 6.42 Å². The van der Waals surface area contributed by atoms with Crippen LogP contribution in [0.15, 0.2) is 0 Å². The molecule has 0 aromatic rings. The van der Waals surface area contributed by atoms with Gasteiger partial charge in [-0.2, -0.15) is 13.2 Å². The van der Waals surface area contributed by atoms with Crippen molar-refractivity contribution in [2.24, 2.45) is 0 Å². The molecule has 0 aromatic heterocycles. The van der Waals surface area contributed by atoms with Gasteiger partial charge in [0.15, 0.2) is 0 Å². The molecule has 96 valence electrons. The van der Waals surface area contributed by atoms with E-state index in [1.54, 1.807) is 0 Å². The molecule has 0 aliphatic heterocycles. The zero-order valence-corrected chi connectivity index (χ0v) is 10.6. The van der Waals surface area contributed by atoms with Gasteiger partial charge in [0.2, 0.25) is 5.91 Å². The van der Waals surface area contributed by atoms with Gasteiger partial charge in [0.1, 0.15) is 13.2 Å². The summed E-state index contributed by atoms with van der Waals surface area (Å²) in [6, 6.07) is 0. The highest BCUT2D eigenvalue weighted by molar-refractivity contribution is 9.09. The van der Waals surface area contributed by atoms with Gasteiger partial charge in [-0.15, -0.1) is 0 Å². The van der Waals surface area contributed by atoms with E-state index in [1.807, 2.05) is 6.92 Å². The highest BCUT2D eigenvalue weighted by Gasteiger charge is 2.28. The number of rotatable bonds is 7. The number of nitrogens with zero attached hydrogens (tertiary/aromatic N) is 1. The molecule has 0 rings (SSSR count). The zero-order valence-electron chi connectivity index (χ0n) is 9.02. The van der Waals surface area contributed by atoms with Crippen LogP contribution in [0, 0.1) is 0 Å². The van der Waals surface area contributed by atoms with E-state index in [-0.39, 0.29) is 0 Å². The maximum Gasteiger partial charge on any atom is 0.411 e. The second-order valence-electron chi connectivity index (χ2n) is 3.18. The summed E-state index contributed by atoms with van der Waals surface area (Å²) in [5, 5.41) is 0.595. The molecule has 0 aliphatic rings. The van der Waals surface area contributed by atoms with Crippen LogP contribution in [-0.2, 0) is 9.53 Å². The van der Waals surface area contributed by atoms with E-state index in [4.69, 9.17) is 0 Å². The molecule has 7 heteroatoms. The van der Waals surface area contributed by atoms with E-state index in [1.165, 1.54) is 4.90 Å². The Balaban J connectivity index is 3.91. The quantitative estimate of drug-likeness (QED) is 0.675. The first-order chi connectivity index (χ1) is 7.40. The average Bonchev–Trinajstić information content (AvgIpc) is 2.15. The van der Waals surface area contributed by atoms with Crippen molar-refractivity contribution in [3.05, 3.63) is 0 Å². The smallest absolute Gasteiger partial charge is 0.362 e. The summed E-state index contributed by atoms with van der Waals surface area (Å²) in [7, 11) is 0. The Morgan fingerprint density at radius 1 is 1.38 bits per heavy atom. The SMILES string of the molecule is CCCN(CCBr)C(=O)COCC(F)(F)F. The highest BCUT2D eigenvalue weighted by Crippen LogP contribution is 2.14. The van der Waals surface area contributed by atoms with Crippen molar-refractivity contribution in [3.63, 3.8) is 0 Å². The van der Waals surface area contributed by atoms with E-state index in [0.29, 0.717) is 18.4 Å². The van der Waals surface area contributed by atoms with Crippen LogP contribution in [-0.4, -0.2) is 48.6 Å². The normalized spacial score (nSPS) is 11.6. The Kier molecular flexibility index (Phi) is 7.74. The molecule has 0 radical (unpaired) electrons. The summed E-state index contributed by atoms with van der Waals surface area (Å²) >= 11 is 3.17. The molecule has 0 fully saturated rings. The maximum absolute atomic E-state index is 11.7. The summed E-state index contributed by atoms with van der Waals surface area (Å²) in [5.74, 6) is -0.412. The molecule has 3 nitrogen and oxygen atoms in total. The molecule has 0 aliphatic carbocycles. The van der Waals surface area contributed by atoms with Crippen molar-refractivity contribution in [1.82, 2.24) is 4.90 Å². The third-order valence-electron chi connectivity index (χ3n) is 1.69. The lowest BCUT2D eigenvalue weighted by Gasteiger charge is -2.21. The zero-order chi connectivity index (χ0) is 12.6. The first kappa shape index (κ1) is 15.7. The first-order valence-corrected chi connectivity index (χ1v) is 6.01. The highest BCUT2D eigenvalue weighted by atomic mass is 79.9. The molecule has 0 saturated carbocycles. The summed E-state index contributed by atoms with van der Waals surface area (Å²) in [5.41, 5.74) is 0. The molecule has 0 spiro atoms. The molecular weight excluding hydrogens is 291 g/mol. The molecule has 0 bridgehead atoms. The monoisotopic (exact) mass is 305 g/mol. The lowest BCUT2D eigenvalue weighted by Crippen LogP contribution is -2.36. The van der Waals surface area contributed by atoms with Gasteiger partial charge < -0.3 is 9.64 Å². The topological polar surface area (TPSA) is 29.5 Å². The Bertz CT molecular complexity index is 205. The minimum atomic E-state index is -4.38.